The summed E-state index contributed by atoms with van der Waals surface area (Å²) in [5.74, 6) is -0.388. The lowest BCUT2D eigenvalue weighted by Gasteiger charge is -2.05. The zero-order chi connectivity index (χ0) is 8.69. The molecule has 0 aliphatic rings. The summed E-state index contributed by atoms with van der Waals surface area (Å²) < 4.78 is 4.44. The topological polar surface area (TPSA) is 68.3 Å². The van der Waals surface area contributed by atoms with Gasteiger partial charge in [-0.05, 0) is 6.42 Å². The minimum absolute atomic E-state index is 0. The van der Waals surface area contributed by atoms with Crippen LogP contribution in [0.25, 0.3) is 0 Å². The van der Waals surface area contributed by atoms with Gasteiger partial charge in [0.15, 0.2) is 0 Å². The number of esters is 1. The molecule has 0 aromatic carbocycles. The highest BCUT2D eigenvalue weighted by molar-refractivity contribution is 5.86. The minimum Gasteiger partial charge on any atom is -0.464 e. The summed E-state index contributed by atoms with van der Waals surface area (Å²) in [5.41, 5.74) is 0.334. The number of carbonyl (C=O) groups excluding carboxylic acids is 1. The number of ether oxygens (including phenoxy) is 1. The van der Waals surface area contributed by atoms with Gasteiger partial charge in [-0.3, -0.25) is 5.48 Å². The third-order valence-corrected chi connectivity index (χ3v) is 1.30. The molecule has 2 N–H and O–H groups in total. The molecule has 1 radical (unpaired) electrons. The van der Waals surface area contributed by atoms with Gasteiger partial charge >= 0.3 is 5.97 Å². The first-order valence-corrected chi connectivity index (χ1v) is 3.73. The Morgan fingerprint density at radius 3 is 2.58 bits per heavy atom. The molecular formula is C8H16NO3. The molecule has 0 bridgehead atoms. The molecule has 0 saturated heterocycles. The molecule has 0 heterocycles. The van der Waals surface area contributed by atoms with Crippen LogP contribution in [0.4, 0.5) is 0 Å². The Labute approximate surface area is 72.9 Å². The second-order valence-electron chi connectivity index (χ2n) is 2.25. The Bertz CT molecular complexity index is 145. The molecule has 0 aliphatic heterocycles. The molecule has 0 unspecified atom stereocenters. The van der Waals surface area contributed by atoms with E-state index in [4.69, 9.17) is 0 Å². The fourth-order valence-corrected chi connectivity index (χ4v) is 0.611. The lowest BCUT2D eigenvalue weighted by Crippen LogP contribution is -2.21. The summed E-state index contributed by atoms with van der Waals surface area (Å²) in [6.07, 6.45) is 2.14. The first-order chi connectivity index (χ1) is 5.22. The van der Waals surface area contributed by atoms with Gasteiger partial charge in [0, 0.05) is 6.54 Å². The van der Waals surface area contributed by atoms with Crippen molar-refractivity contribution in [2.75, 3.05) is 13.7 Å². The lowest BCUT2D eigenvalue weighted by molar-refractivity contribution is -0.136. The summed E-state index contributed by atoms with van der Waals surface area (Å²) >= 11 is 0. The Balaban J connectivity index is 0. The summed E-state index contributed by atoms with van der Waals surface area (Å²) in [6, 6.07) is 0. The number of hydrogen-bond donors (Lipinski definition) is 2. The van der Waals surface area contributed by atoms with E-state index in [0.717, 1.165) is 19.4 Å². The summed E-state index contributed by atoms with van der Waals surface area (Å²) in [4.78, 5) is 10.7. The number of rotatable bonds is 5. The number of carbonyl (C=O) groups is 1. The quantitative estimate of drug-likeness (QED) is 0.369. The van der Waals surface area contributed by atoms with E-state index in [-0.39, 0.29) is 11.4 Å². The zero-order valence-corrected chi connectivity index (χ0v) is 7.59. The molecule has 12 heavy (non-hydrogen) atoms. The molecule has 0 saturated carbocycles. The van der Waals surface area contributed by atoms with Crippen molar-refractivity contribution >= 4 is 5.97 Å². The smallest absolute Gasteiger partial charge is 0.353 e. The van der Waals surface area contributed by atoms with E-state index in [9.17, 15) is 4.79 Å². The van der Waals surface area contributed by atoms with Crippen LogP contribution in [0.15, 0.2) is 12.3 Å². The maximum atomic E-state index is 10.7. The number of hydrogen-bond acceptors (Lipinski definition) is 3. The second kappa shape index (κ2) is 8.07. The maximum absolute atomic E-state index is 10.7. The van der Waals surface area contributed by atoms with Crippen LogP contribution in [0.2, 0.25) is 0 Å². The third-order valence-electron chi connectivity index (χ3n) is 1.30. The fourth-order valence-electron chi connectivity index (χ4n) is 0.611. The van der Waals surface area contributed by atoms with Crippen molar-refractivity contribution in [1.29, 1.82) is 0 Å². The minimum atomic E-state index is -0.388. The molecule has 0 aromatic heterocycles. The van der Waals surface area contributed by atoms with Gasteiger partial charge in [0.2, 0.25) is 0 Å². The average Bonchev–Trinajstić information content (AvgIpc) is 2.03. The largest absolute Gasteiger partial charge is 0.464 e. The van der Waals surface area contributed by atoms with Crippen LogP contribution in [-0.4, -0.2) is 25.1 Å². The molecule has 4 heteroatoms. The van der Waals surface area contributed by atoms with E-state index < -0.39 is 0 Å². The highest BCUT2D eigenvalue weighted by Gasteiger charge is 2.03. The standard InChI is InChI=1S/C8H15NO2.HO/c1-4-5-6-9-7(2)8(10)11-3;/h9H,2,4-6H2,1,3H3;1H. The number of nitrogens with one attached hydrogen (secondary N) is 1. The molecule has 0 amide bonds. The number of methoxy groups -OCH3 is 1. The highest BCUT2D eigenvalue weighted by atomic mass is 16.5. The maximum Gasteiger partial charge on any atom is 0.353 e. The molecule has 0 fully saturated rings. The average molecular weight is 174 g/mol. The van der Waals surface area contributed by atoms with Gasteiger partial charge in [0.05, 0.1) is 7.11 Å². The van der Waals surface area contributed by atoms with E-state index in [1.165, 1.54) is 7.11 Å². The molecule has 0 aliphatic carbocycles. The number of unbranched alkanes of at least 4 members (excludes halogenated alkanes) is 1. The Morgan fingerprint density at radius 2 is 2.17 bits per heavy atom. The molecule has 0 rings (SSSR count). The first-order valence-electron chi connectivity index (χ1n) is 3.73. The summed E-state index contributed by atoms with van der Waals surface area (Å²) in [7, 11) is 1.34. The predicted molar refractivity (Wildman–Crippen MR) is 46.0 cm³/mol. The van der Waals surface area contributed by atoms with E-state index in [2.05, 4.69) is 23.6 Å². The van der Waals surface area contributed by atoms with Crippen LogP contribution in [0.1, 0.15) is 19.8 Å². The van der Waals surface area contributed by atoms with Crippen molar-refractivity contribution < 1.29 is 15.0 Å². The van der Waals surface area contributed by atoms with E-state index in [0.29, 0.717) is 5.70 Å². The van der Waals surface area contributed by atoms with Crippen molar-refractivity contribution in [3.63, 3.8) is 0 Å². The molecular weight excluding hydrogens is 158 g/mol. The Kier molecular flexibility index (Phi) is 9.11. The van der Waals surface area contributed by atoms with Gasteiger partial charge in [-0.1, -0.05) is 19.9 Å². The van der Waals surface area contributed by atoms with Crippen molar-refractivity contribution in [2.45, 2.75) is 19.8 Å². The monoisotopic (exact) mass is 174 g/mol. The van der Waals surface area contributed by atoms with Gasteiger partial charge < -0.3 is 10.1 Å². The van der Waals surface area contributed by atoms with Crippen LogP contribution in [0.5, 0.6) is 0 Å². The summed E-state index contributed by atoms with van der Waals surface area (Å²) in [5, 5.41) is 2.87. The van der Waals surface area contributed by atoms with E-state index in [1.807, 2.05) is 0 Å². The van der Waals surface area contributed by atoms with Crippen molar-refractivity contribution in [3.8, 4) is 0 Å². The van der Waals surface area contributed by atoms with Crippen molar-refractivity contribution in [2.24, 2.45) is 0 Å². The van der Waals surface area contributed by atoms with E-state index >= 15 is 0 Å². The zero-order valence-electron chi connectivity index (χ0n) is 7.59. The van der Waals surface area contributed by atoms with Crippen LogP contribution < -0.4 is 5.32 Å². The van der Waals surface area contributed by atoms with E-state index in [1.54, 1.807) is 0 Å². The molecule has 0 atom stereocenters. The molecule has 0 aromatic rings. The van der Waals surface area contributed by atoms with Gasteiger partial charge in [-0.2, -0.15) is 0 Å². The molecule has 4 nitrogen and oxygen atoms in total. The summed E-state index contributed by atoms with van der Waals surface area (Å²) in [6.45, 7) is 6.38. The fraction of sp³-hybridized carbons (Fsp3) is 0.625. The second-order valence-corrected chi connectivity index (χ2v) is 2.25. The van der Waals surface area contributed by atoms with Gasteiger partial charge in [0.25, 0.3) is 0 Å². The SMILES string of the molecule is C=C(NCCCC)C(=O)OC.[OH]. The molecule has 71 valence electrons. The van der Waals surface area contributed by atoms with Gasteiger partial charge in [-0.15, -0.1) is 0 Å². The normalized spacial score (nSPS) is 8.17. The van der Waals surface area contributed by atoms with Gasteiger partial charge in [-0.25, -0.2) is 4.79 Å². The highest BCUT2D eigenvalue weighted by Crippen LogP contribution is 1.89. The van der Waals surface area contributed by atoms with Gasteiger partial charge in [0.1, 0.15) is 5.70 Å². The Morgan fingerprint density at radius 1 is 1.58 bits per heavy atom. The predicted octanol–water partition coefficient (Wildman–Crippen LogP) is 0.886. The lowest BCUT2D eigenvalue weighted by atomic mass is 10.3. The van der Waals surface area contributed by atoms with Crippen LogP contribution in [0, 0.1) is 0 Å². The van der Waals surface area contributed by atoms with Crippen LogP contribution >= 0.6 is 0 Å². The van der Waals surface area contributed by atoms with Crippen molar-refractivity contribution in [3.05, 3.63) is 12.3 Å². The van der Waals surface area contributed by atoms with Crippen LogP contribution in [-0.2, 0) is 9.53 Å². The Hall–Kier alpha value is -1.03. The van der Waals surface area contributed by atoms with Crippen molar-refractivity contribution in [1.82, 2.24) is 5.32 Å². The van der Waals surface area contributed by atoms with Crippen LogP contribution in [0.3, 0.4) is 0 Å². The first kappa shape index (κ1) is 13.6. The third kappa shape index (κ3) is 5.73. The molecule has 0 spiro atoms.